The number of phenols is 1. The number of esters is 1. The molecule has 3 heterocycles. The van der Waals surface area contributed by atoms with Crippen LogP contribution in [0.3, 0.4) is 0 Å². The molecule has 0 spiro atoms. The molecule has 2 aromatic carbocycles. The molecule has 2 fully saturated rings. The molecule has 0 bridgehead atoms. The number of ether oxygens (including phenoxy) is 7. The smallest absolute Gasteiger partial charge is 0.303 e. The van der Waals surface area contributed by atoms with Crippen molar-refractivity contribution >= 4 is 16.9 Å². The number of hydrogen-bond acceptors (Lipinski definition) is 16. The van der Waals surface area contributed by atoms with Crippen LogP contribution in [0, 0.1) is 0 Å². The molecule has 0 unspecified atom stereocenters. The Morgan fingerprint density at radius 3 is 2.21 bits per heavy atom. The van der Waals surface area contributed by atoms with Crippen LogP contribution < -0.4 is 19.6 Å². The van der Waals surface area contributed by atoms with E-state index in [9.17, 15) is 40.2 Å². The summed E-state index contributed by atoms with van der Waals surface area (Å²) in [5.41, 5.74) is -0.167. The third-order valence-electron chi connectivity index (χ3n) is 7.91. The fourth-order valence-corrected chi connectivity index (χ4v) is 5.36. The molecule has 16 nitrogen and oxygen atoms in total. The normalized spacial score (nSPS) is 30.9. The van der Waals surface area contributed by atoms with Gasteiger partial charge in [0.25, 0.3) is 0 Å². The van der Waals surface area contributed by atoms with Crippen molar-refractivity contribution in [3.8, 4) is 34.3 Å². The van der Waals surface area contributed by atoms with Crippen LogP contribution in [0.5, 0.6) is 23.0 Å². The SMILES string of the molecule is COc1ccc(-c2cc(=O)c3c(O)c(OC)c(O[C@@H]4O[C@H](CO[C@@H]5O[C@@H](C)[C@H](O)[C@@H](O)[C@H]5OC(C)=O)[C@@H](O)[C@H](O)[C@H]4O)cc3o2)cc1. The molecule has 0 saturated carbocycles. The molecule has 1 aromatic heterocycles. The lowest BCUT2D eigenvalue weighted by Gasteiger charge is -2.43. The van der Waals surface area contributed by atoms with Gasteiger partial charge < -0.3 is 68.2 Å². The predicted molar refractivity (Wildman–Crippen MR) is 158 cm³/mol. The van der Waals surface area contributed by atoms with Gasteiger partial charge in [-0.15, -0.1) is 0 Å². The van der Waals surface area contributed by atoms with E-state index in [2.05, 4.69) is 0 Å². The summed E-state index contributed by atoms with van der Waals surface area (Å²) in [5, 5.41) is 63.4. The number of carbonyl (C=O) groups excluding carboxylic acids is 1. The summed E-state index contributed by atoms with van der Waals surface area (Å²) in [4.78, 5) is 24.7. The van der Waals surface area contributed by atoms with Crippen LogP contribution >= 0.6 is 0 Å². The van der Waals surface area contributed by atoms with Gasteiger partial charge in [-0.1, -0.05) is 0 Å². The summed E-state index contributed by atoms with van der Waals surface area (Å²) in [5.74, 6) is -1.23. The fourth-order valence-electron chi connectivity index (χ4n) is 5.36. The summed E-state index contributed by atoms with van der Waals surface area (Å²) >= 11 is 0. The van der Waals surface area contributed by atoms with Crippen LogP contribution in [0.15, 0.2) is 45.6 Å². The number of hydrogen-bond donors (Lipinski definition) is 6. The fraction of sp³-hybridized carbons (Fsp3) is 0.484. The molecule has 47 heavy (non-hydrogen) atoms. The van der Waals surface area contributed by atoms with Crippen LogP contribution in [0.4, 0.5) is 0 Å². The highest BCUT2D eigenvalue weighted by atomic mass is 16.7. The first-order chi connectivity index (χ1) is 22.3. The average Bonchev–Trinajstić information content (AvgIpc) is 3.04. The largest absolute Gasteiger partial charge is 0.504 e. The van der Waals surface area contributed by atoms with E-state index in [1.54, 1.807) is 24.3 Å². The molecule has 5 rings (SSSR count). The Labute approximate surface area is 267 Å². The van der Waals surface area contributed by atoms with Crippen molar-refractivity contribution < 1.29 is 73.0 Å². The lowest BCUT2D eigenvalue weighted by atomic mass is 9.98. The maximum absolute atomic E-state index is 13.1. The molecule has 2 aliphatic rings. The molecule has 0 radical (unpaired) electrons. The zero-order chi connectivity index (χ0) is 34.2. The van der Waals surface area contributed by atoms with Crippen molar-refractivity contribution in [1.82, 2.24) is 0 Å². The summed E-state index contributed by atoms with van der Waals surface area (Å²) < 4.78 is 44.2. The minimum Gasteiger partial charge on any atom is -0.504 e. The lowest BCUT2D eigenvalue weighted by molar-refractivity contribution is -0.320. The summed E-state index contributed by atoms with van der Waals surface area (Å²) in [7, 11) is 2.71. The van der Waals surface area contributed by atoms with Crippen LogP contribution in [0.1, 0.15) is 13.8 Å². The average molecular weight is 665 g/mol. The van der Waals surface area contributed by atoms with Crippen LogP contribution in [-0.2, 0) is 23.7 Å². The number of phenolic OH excluding ortho intramolecular Hbond substituents is 1. The summed E-state index contributed by atoms with van der Waals surface area (Å²) in [6.45, 7) is 2.01. The van der Waals surface area contributed by atoms with Crippen molar-refractivity contribution in [1.29, 1.82) is 0 Å². The second-order valence-corrected chi connectivity index (χ2v) is 11.1. The number of fused-ring (bicyclic) bond motifs is 1. The number of carbonyl (C=O) groups is 1. The minimum atomic E-state index is -1.84. The van der Waals surface area contributed by atoms with Gasteiger partial charge in [-0.3, -0.25) is 9.59 Å². The molecule has 0 aliphatic carbocycles. The van der Waals surface area contributed by atoms with Gasteiger partial charge in [0.2, 0.25) is 12.0 Å². The quantitative estimate of drug-likeness (QED) is 0.162. The van der Waals surface area contributed by atoms with E-state index in [1.807, 2.05) is 0 Å². The van der Waals surface area contributed by atoms with E-state index in [1.165, 1.54) is 33.3 Å². The van der Waals surface area contributed by atoms with E-state index < -0.39 is 85.2 Å². The van der Waals surface area contributed by atoms with Crippen LogP contribution in [0.2, 0.25) is 0 Å². The van der Waals surface area contributed by atoms with Gasteiger partial charge >= 0.3 is 5.97 Å². The molecule has 3 aromatic rings. The molecule has 2 aliphatic heterocycles. The lowest BCUT2D eigenvalue weighted by Crippen LogP contribution is -2.62. The highest BCUT2D eigenvalue weighted by Crippen LogP contribution is 2.43. The van der Waals surface area contributed by atoms with E-state index in [-0.39, 0.29) is 28.2 Å². The zero-order valence-corrected chi connectivity index (χ0v) is 25.7. The van der Waals surface area contributed by atoms with Crippen molar-refractivity contribution in [3.05, 3.63) is 46.6 Å². The minimum absolute atomic E-state index is 0.108. The maximum atomic E-state index is 13.1. The number of rotatable bonds is 9. The number of aliphatic hydroxyl groups is 5. The molecule has 0 amide bonds. The van der Waals surface area contributed by atoms with E-state index >= 15 is 0 Å². The molecule has 2 saturated heterocycles. The molecule has 16 heteroatoms. The first-order valence-corrected chi connectivity index (χ1v) is 14.5. The third-order valence-corrected chi connectivity index (χ3v) is 7.91. The van der Waals surface area contributed by atoms with Crippen molar-refractivity contribution in [2.24, 2.45) is 0 Å². The summed E-state index contributed by atoms with van der Waals surface area (Å²) in [6, 6.07) is 9.11. The Bertz CT molecular complexity index is 1620. The van der Waals surface area contributed by atoms with E-state index in [4.69, 9.17) is 37.6 Å². The number of methoxy groups -OCH3 is 2. The molecule has 6 N–H and O–H groups in total. The van der Waals surface area contributed by atoms with Gasteiger partial charge in [0.05, 0.1) is 26.9 Å². The van der Waals surface area contributed by atoms with Gasteiger partial charge in [-0.2, -0.15) is 0 Å². The van der Waals surface area contributed by atoms with Crippen LogP contribution in [0.25, 0.3) is 22.3 Å². The topological polar surface area (TPSA) is 233 Å². The first-order valence-electron chi connectivity index (χ1n) is 14.5. The summed E-state index contributed by atoms with van der Waals surface area (Å²) in [6.07, 6.45) is -15.2. The second kappa shape index (κ2) is 14.0. The Kier molecular flexibility index (Phi) is 10.2. The van der Waals surface area contributed by atoms with E-state index in [0.29, 0.717) is 11.3 Å². The molecule has 256 valence electrons. The molecular weight excluding hydrogens is 628 g/mol. The van der Waals surface area contributed by atoms with E-state index in [0.717, 1.165) is 6.92 Å². The van der Waals surface area contributed by atoms with Gasteiger partial charge in [-0.05, 0) is 31.2 Å². The molecular formula is C31H36O16. The second-order valence-electron chi connectivity index (χ2n) is 11.1. The number of benzene rings is 2. The van der Waals surface area contributed by atoms with Crippen molar-refractivity contribution in [3.63, 3.8) is 0 Å². The molecule has 10 atom stereocenters. The maximum Gasteiger partial charge on any atom is 0.303 e. The zero-order valence-electron chi connectivity index (χ0n) is 25.7. The van der Waals surface area contributed by atoms with Gasteiger partial charge in [0.15, 0.2) is 29.3 Å². The predicted octanol–water partition coefficient (Wildman–Crippen LogP) is -0.216. The highest BCUT2D eigenvalue weighted by molar-refractivity contribution is 5.89. The van der Waals surface area contributed by atoms with Crippen molar-refractivity contribution in [2.45, 2.75) is 75.3 Å². The Morgan fingerprint density at radius 2 is 1.57 bits per heavy atom. The highest BCUT2D eigenvalue weighted by Gasteiger charge is 2.49. The van der Waals surface area contributed by atoms with Gasteiger partial charge in [0.1, 0.15) is 59.1 Å². The monoisotopic (exact) mass is 664 g/mol. The third kappa shape index (κ3) is 6.86. The number of aromatic hydroxyl groups is 1. The van der Waals surface area contributed by atoms with Gasteiger partial charge in [0, 0.05) is 24.6 Å². The Hall–Kier alpha value is -4.00. The Balaban J connectivity index is 1.41. The Morgan fingerprint density at radius 1 is 0.872 bits per heavy atom. The van der Waals surface area contributed by atoms with Crippen molar-refractivity contribution in [2.75, 3.05) is 20.8 Å². The number of aliphatic hydroxyl groups excluding tert-OH is 5. The standard InChI is InChI=1S/C31H36O16/c1-12-22(34)26(38)29(44-13(2)32)31(43-12)42-11-20-23(35)25(37)27(39)30(47-20)46-19-10-18-21(24(36)28(19)41-4)16(33)9-17(45-18)14-5-7-15(40-3)8-6-14/h5-10,12,20,22-23,25-27,29-31,34-39H,11H2,1-4H3/t12-,20+,22-,23+,25-,26+,27+,29+,30+,31+/m0/s1. The van der Waals surface area contributed by atoms with Crippen LogP contribution in [-0.4, -0.2) is 119 Å². The first kappa shape index (κ1) is 34.3. The van der Waals surface area contributed by atoms with Gasteiger partial charge in [-0.25, -0.2) is 0 Å².